The molecule has 0 aliphatic rings. The molecule has 1 atom stereocenters. The first-order valence-corrected chi connectivity index (χ1v) is 3.72. The Labute approximate surface area is 71.2 Å². The van der Waals surface area contributed by atoms with Gasteiger partial charge in [0.15, 0.2) is 6.29 Å². The van der Waals surface area contributed by atoms with Crippen molar-refractivity contribution in [3.63, 3.8) is 0 Å². The second kappa shape index (κ2) is 5.55. The van der Waals surface area contributed by atoms with Gasteiger partial charge in [-0.2, -0.15) is 0 Å². The number of aliphatic hydroxyl groups is 1. The summed E-state index contributed by atoms with van der Waals surface area (Å²) >= 11 is 0. The maximum Gasteiger partial charge on any atom is 0.197 e. The summed E-state index contributed by atoms with van der Waals surface area (Å²) in [6, 6.07) is 9.29. The molecule has 0 spiro atoms. The molecule has 0 saturated heterocycles. The van der Waals surface area contributed by atoms with Gasteiger partial charge < -0.3 is 9.84 Å². The Morgan fingerprint density at radius 1 is 1.33 bits per heavy atom. The second-order valence-electron chi connectivity index (χ2n) is 2.29. The molecule has 0 bridgehead atoms. The summed E-state index contributed by atoms with van der Waals surface area (Å²) in [6.07, 6.45) is -0.0769. The molecule has 0 amide bonds. The first-order chi connectivity index (χ1) is 5.33. The summed E-state index contributed by atoms with van der Waals surface area (Å²) in [5.41, 5.74) is 0. The minimum absolute atomic E-state index is 0. The van der Waals surface area contributed by atoms with Crippen molar-refractivity contribution in [3.8, 4) is 5.75 Å². The highest BCUT2D eigenvalue weighted by molar-refractivity contribution is 5.20. The van der Waals surface area contributed by atoms with Gasteiger partial charge >= 0.3 is 0 Å². The predicted octanol–water partition coefficient (Wildman–Crippen LogP) is 1.95. The molecule has 0 aliphatic heterocycles. The molecule has 0 saturated carbocycles. The third-order valence-corrected chi connectivity index (χ3v) is 1.36. The lowest BCUT2D eigenvalue weighted by atomic mass is 10.3. The van der Waals surface area contributed by atoms with Crippen LogP contribution in [0.2, 0.25) is 0 Å². The Balaban J connectivity index is 0.00000121. The van der Waals surface area contributed by atoms with Crippen LogP contribution >= 0.6 is 0 Å². The zero-order valence-corrected chi connectivity index (χ0v) is 6.93. The van der Waals surface area contributed by atoms with Crippen LogP contribution in [0.15, 0.2) is 30.3 Å². The molecule has 1 N–H and O–H groups in total. The Morgan fingerprint density at radius 3 is 2.42 bits per heavy atom. The van der Waals surface area contributed by atoms with Crippen molar-refractivity contribution in [1.82, 2.24) is 0 Å². The standard InChI is InChI=1S/C9H12O2.FH/c1-2-9(10)11-8-6-4-3-5-7-8;/h3-7,9-10H,2H2,1H3;1H. The summed E-state index contributed by atoms with van der Waals surface area (Å²) in [5.74, 6) is 0.710. The molecule has 0 aromatic heterocycles. The summed E-state index contributed by atoms with van der Waals surface area (Å²) in [6.45, 7) is 1.87. The smallest absolute Gasteiger partial charge is 0.197 e. The third-order valence-electron chi connectivity index (χ3n) is 1.36. The van der Waals surface area contributed by atoms with E-state index in [4.69, 9.17) is 9.84 Å². The summed E-state index contributed by atoms with van der Waals surface area (Å²) < 4.78 is 5.12. The van der Waals surface area contributed by atoms with Crippen LogP contribution in [0.1, 0.15) is 13.3 Å². The van der Waals surface area contributed by atoms with Crippen LogP contribution in [0, 0.1) is 0 Å². The molecule has 1 aromatic carbocycles. The van der Waals surface area contributed by atoms with E-state index in [0.717, 1.165) is 0 Å². The molecule has 0 heterocycles. The van der Waals surface area contributed by atoms with Gasteiger partial charge in [-0.15, -0.1) is 0 Å². The number of para-hydroxylation sites is 1. The van der Waals surface area contributed by atoms with Crippen LogP contribution in [-0.2, 0) is 0 Å². The van der Waals surface area contributed by atoms with E-state index in [0.29, 0.717) is 12.2 Å². The zero-order valence-electron chi connectivity index (χ0n) is 6.93. The minimum Gasteiger partial charge on any atom is -0.465 e. The van der Waals surface area contributed by atoms with Crippen molar-refractivity contribution < 1.29 is 14.5 Å². The average Bonchev–Trinajstić information content (AvgIpc) is 2.06. The minimum atomic E-state index is -0.683. The van der Waals surface area contributed by atoms with Crippen LogP contribution in [0.5, 0.6) is 5.75 Å². The largest absolute Gasteiger partial charge is 0.465 e. The van der Waals surface area contributed by atoms with Crippen LogP contribution in [0.4, 0.5) is 4.70 Å². The van der Waals surface area contributed by atoms with Gasteiger partial charge in [-0.3, -0.25) is 4.70 Å². The maximum absolute atomic E-state index is 9.09. The monoisotopic (exact) mass is 172 g/mol. The highest BCUT2D eigenvalue weighted by Gasteiger charge is 1.99. The highest BCUT2D eigenvalue weighted by Crippen LogP contribution is 2.10. The van der Waals surface area contributed by atoms with Gasteiger partial charge in [-0.25, -0.2) is 0 Å². The molecule has 1 aromatic rings. The second-order valence-corrected chi connectivity index (χ2v) is 2.29. The maximum atomic E-state index is 9.09. The third kappa shape index (κ3) is 3.34. The van der Waals surface area contributed by atoms with Crippen molar-refractivity contribution in [3.05, 3.63) is 30.3 Å². The van der Waals surface area contributed by atoms with Gasteiger partial charge in [-0.05, 0) is 12.1 Å². The van der Waals surface area contributed by atoms with Crippen molar-refractivity contribution >= 4 is 0 Å². The lowest BCUT2D eigenvalue weighted by Crippen LogP contribution is -2.13. The van der Waals surface area contributed by atoms with Gasteiger partial charge in [0.05, 0.1) is 0 Å². The van der Waals surface area contributed by atoms with E-state index in [2.05, 4.69) is 0 Å². The molecule has 0 fully saturated rings. The molecular weight excluding hydrogens is 159 g/mol. The fourth-order valence-corrected chi connectivity index (χ4v) is 0.739. The molecule has 12 heavy (non-hydrogen) atoms. The van der Waals surface area contributed by atoms with E-state index >= 15 is 0 Å². The van der Waals surface area contributed by atoms with Crippen LogP contribution < -0.4 is 4.74 Å². The molecule has 0 aliphatic carbocycles. The molecule has 68 valence electrons. The van der Waals surface area contributed by atoms with Crippen molar-refractivity contribution in [2.45, 2.75) is 19.6 Å². The van der Waals surface area contributed by atoms with Crippen LogP contribution in [0.3, 0.4) is 0 Å². The van der Waals surface area contributed by atoms with Crippen molar-refractivity contribution in [1.29, 1.82) is 0 Å². The molecular formula is C9H13FO2. The summed E-state index contributed by atoms with van der Waals surface area (Å²) in [4.78, 5) is 0. The van der Waals surface area contributed by atoms with E-state index in [-0.39, 0.29) is 4.70 Å². The quantitative estimate of drug-likeness (QED) is 0.706. The van der Waals surface area contributed by atoms with E-state index in [1.807, 2.05) is 37.3 Å². The van der Waals surface area contributed by atoms with E-state index in [9.17, 15) is 0 Å². The van der Waals surface area contributed by atoms with Crippen LogP contribution in [0.25, 0.3) is 0 Å². The lowest BCUT2D eigenvalue weighted by Gasteiger charge is -2.10. The van der Waals surface area contributed by atoms with Gasteiger partial charge in [0, 0.05) is 6.42 Å². The lowest BCUT2D eigenvalue weighted by molar-refractivity contribution is -0.0191. The molecule has 2 nitrogen and oxygen atoms in total. The first kappa shape index (κ1) is 10.9. The average molecular weight is 172 g/mol. The fourth-order valence-electron chi connectivity index (χ4n) is 0.739. The number of ether oxygens (including phenoxy) is 1. The summed E-state index contributed by atoms with van der Waals surface area (Å²) in [7, 11) is 0. The van der Waals surface area contributed by atoms with Gasteiger partial charge in [0.2, 0.25) is 0 Å². The van der Waals surface area contributed by atoms with E-state index < -0.39 is 6.29 Å². The number of hydrogen-bond acceptors (Lipinski definition) is 2. The van der Waals surface area contributed by atoms with Gasteiger partial charge in [0.25, 0.3) is 0 Å². The number of halogens is 1. The zero-order chi connectivity index (χ0) is 8.10. The Hall–Kier alpha value is -1.09. The number of benzene rings is 1. The predicted molar refractivity (Wildman–Crippen MR) is 45.9 cm³/mol. The molecule has 1 unspecified atom stereocenters. The van der Waals surface area contributed by atoms with Crippen molar-refractivity contribution in [2.24, 2.45) is 0 Å². The first-order valence-electron chi connectivity index (χ1n) is 3.72. The number of hydrogen-bond donors (Lipinski definition) is 1. The van der Waals surface area contributed by atoms with Crippen molar-refractivity contribution in [2.75, 3.05) is 0 Å². The Morgan fingerprint density at radius 2 is 1.92 bits per heavy atom. The van der Waals surface area contributed by atoms with E-state index in [1.54, 1.807) is 0 Å². The Bertz CT molecular complexity index is 201. The molecule has 0 radical (unpaired) electrons. The van der Waals surface area contributed by atoms with Crippen LogP contribution in [-0.4, -0.2) is 11.4 Å². The molecule has 3 heteroatoms. The number of aliphatic hydroxyl groups excluding tert-OH is 1. The number of rotatable bonds is 3. The highest BCUT2D eigenvalue weighted by atomic mass is 19.0. The topological polar surface area (TPSA) is 29.5 Å². The normalized spacial score (nSPS) is 11.5. The fraction of sp³-hybridized carbons (Fsp3) is 0.333. The Kier molecular flexibility index (Phi) is 5.04. The SMILES string of the molecule is CCC(O)Oc1ccccc1.F. The summed E-state index contributed by atoms with van der Waals surface area (Å²) in [5, 5.41) is 9.09. The van der Waals surface area contributed by atoms with Gasteiger partial charge in [-0.1, -0.05) is 25.1 Å². The molecule has 1 rings (SSSR count). The van der Waals surface area contributed by atoms with Gasteiger partial charge in [0.1, 0.15) is 5.75 Å². The van der Waals surface area contributed by atoms with E-state index in [1.165, 1.54) is 0 Å².